The van der Waals surface area contributed by atoms with E-state index in [4.69, 9.17) is 9.84 Å². The van der Waals surface area contributed by atoms with Crippen LogP contribution in [0.3, 0.4) is 0 Å². The molecule has 0 fully saturated rings. The van der Waals surface area contributed by atoms with E-state index in [0.717, 1.165) is 19.2 Å². The van der Waals surface area contributed by atoms with Gasteiger partial charge in [-0.15, -0.1) is 0 Å². The van der Waals surface area contributed by atoms with Gasteiger partial charge in [-0.3, -0.25) is 0 Å². The average Bonchev–Trinajstić information content (AvgIpc) is 2.34. The summed E-state index contributed by atoms with van der Waals surface area (Å²) in [4.78, 5) is 10.8. The highest BCUT2D eigenvalue weighted by molar-refractivity contribution is 5.70. The zero-order valence-electron chi connectivity index (χ0n) is 9.45. The van der Waals surface area contributed by atoms with Crippen LogP contribution in [0.15, 0.2) is 18.2 Å². The monoisotopic (exact) mass is 264 g/mol. The predicted molar refractivity (Wildman–Crippen MR) is 54.9 cm³/mol. The molecule has 0 aliphatic carbocycles. The number of aliphatic hydroxyl groups excluding tert-OH is 1. The van der Waals surface area contributed by atoms with Crippen molar-refractivity contribution in [1.82, 2.24) is 0 Å². The Hall–Kier alpha value is -1.76. The smallest absolute Gasteiger partial charge is 0.419 e. The van der Waals surface area contributed by atoms with Gasteiger partial charge >= 0.3 is 12.1 Å². The summed E-state index contributed by atoms with van der Waals surface area (Å²) >= 11 is 0. The number of benzene rings is 1. The molecule has 0 amide bonds. The number of carbonyl (C=O) groups excluding carboxylic acids is 1. The number of hydrogen-bond donors (Lipinski definition) is 1. The number of ether oxygens (including phenoxy) is 2. The van der Waals surface area contributed by atoms with E-state index in [9.17, 15) is 18.0 Å². The van der Waals surface area contributed by atoms with Crippen LogP contribution in [0.2, 0.25) is 0 Å². The number of rotatable bonds is 4. The van der Waals surface area contributed by atoms with Gasteiger partial charge in [0, 0.05) is 0 Å². The van der Waals surface area contributed by atoms with Gasteiger partial charge in [0.1, 0.15) is 5.75 Å². The first-order chi connectivity index (χ1) is 8.38. The van der Waals surface area contributed by atoms with E-state index in [0.29, 0.717) is 0 Å². The number of esters is 1. The van der Waals surface area contributed by atoms with Crippen molar-refractivity contribution < 1.29 is 32.5 Å². The SMILES string of the molecule is COC(=O)COc1ccc(CO)cc1C(F)(F)F. The van der Waals surface area contributed by atoms with Crippen molar-refractivity contribution in [3.05, 3.63) is 29.3 Å². The third kappa shape index (κ3) is 3.63. The molecule has 0 bridgehead atoms. The lowest BCUT2D eigenvalue weighted by atomic mass is 10.1. The van der Waals surface area contributed by atoms with Crippen LogP contribution in [-0.2, 0) is 22.3 Å². The van der Waals surface area contributed by atoms with Gasteiger partial charge in [0.25, 0.3) is 0 Å². The molecule has 0 aliphatic heterocycles. The molecule has 0 heterocycles. The topological polar surface area (TPSA) is 55.8 Å². The summed E-state index contributed by atoms with van der Waals surface area (Å²) in [6.07, 6.45) is -4.63. The van der Waals surface area contributed by atoms with Gasteiger partial charge in [0.15, 0.2) is 6.61 Å². The van der Waals surface area contributed by atoms with E-state index in [1.54, 1.807) is 0 Å². The fourth-order valence-electron chi connectivity index (χ4n) is 1.22. The summed E-state index contributed by atoms with van der Waals surface area (Å²) in [7, 11) is 1.10. The van der Waals surface area contributed by atoms with Gasteiger partial charge in [-0.05, 0) is 17.7 Å². The Morgan fingerprint density at radius 3 is 2.56 bits per heavy atom. The predicted octanol–water partition coefficient (Wildman–Crippen LogP) is 1.75. The minimum atomic E-state index is -4.63. The lowest BCUT2D eigenvalue weighted by molar-refractivity contribution is -0.145. The fourth-order valence-corrected chi connectivity index (χ4v) is 1.22. The molecule has 0 unspecified atom stereocenters. The lowest BCUT2D eigenvalue weighted by Crippen LogP contribution is -2.16. The molecule has 0 atom stereocenters. The van der Waals surface area contributed by atoms with E-state index in [-0.39, 0.29) is 5.56 Å². The van der Waals surface area contributed by atoms with Gasteiger partial charge in [-0.1, -0.05) is 6.07 Å². The Kier molecular flexibility index (Phi) is 4.55. The molecule has 100 valence electrons. The molecule has 7 heteroatoms. The van der Waals surface area contributed by atoms with Crippen molar-refractivity contribution in [1.29, 1.82) is 0 Å². The van der Waals surface area contributed by atoms with Crippen LogP contribution >= 0.6 is 0 Å². The zero-order chi connectivity index (χ0) is 13.8. The Balaban J connectivity index is 2.99. The highest BCUT2D eigenvalue weighted by atomic mass is 19.4. The maximum atomic E-state index is 12.7. The third-order valence-corrected chi connectivity index (χ3v) is 2.11. The molecule has 0 spiro atoms. The molecule has 1 aromatic carbocycles. The zero-order valence-corrected chi connectivity index (χ0v) is 9.45. The highest BCUT2D eigenvalue weighted by Gasteiger charge is 2.34. The Morgan fingerprint density at radius 2 is 2.06 bits per heavy atom. The minimum absolute atomic E-state index is 0.104. The largest absolute Gasteiger partial charge is 0.481 e. The molecule has 0 aromatic heterocycles. The van der Waals surface area contributed by atoms with E-state index in [1.165, 1.54) is 6.07 Å². The highest BCUT2D eigenvalue weighted by Crippen LogP contribution is 2.36. The molecular formula is C11H11F3O4. The van der Waals surface area contributed by atoms with Crippen LogP contribution in [0.5, 0.6) is 5.75 Å². The van der Waals surface area contributed by atoms with Crippen LogP contribution in [0.1, 0.15) is 11.1 Å². The molecular weight excluding hydrogens is 253 g/mol. The molecule has 0 aliphatic rings. The standard InChI is InChI=1S/C11H11F3O4/c1-17-10(16)6-18-9-3-2-7(5-15)4-8(9)11(12,13)14/h2-4,15H,5-6H2,1H3. The van der Waals surface area contributed by atoms with Gasteiger partial charge in [-0.25, -0.2) is 4.79 Å². The second-order valence-corrected chi connectivity index (χ2v) is 3.35. The summed E-state index contributed by atoms with van der Waals surface area (Å²) in [5.74, 6) is -1.26. The molecule has 0 radical (unpaired) electrons. The number of aliphatic hydroxyl groups is 1. The molecule has 1 rings (SSSR count). The Labute approximate surface area is 101 Å². The molecule has 0 saturated carbocycles. The molecule has 1 N–H and O–H groups in total. The number of methoxy groups -OCH3 is 1. The molecule has 4 nitrogen and oxygen atoms in total. The first kappa shape index (κ1) is 14.3. The number of halogens is 3. The maximum Gasteiger partial charge on any atom is 0.419 e. The van der Waals surface area contributed by atoms with Crippen molar-refractivity contribution in [2.45, 2.75) is 12.8 Å². The Bertz CT molecular complexity index is 429. The van der Waals surface area contributed by atoms with E-state index < -0.39 is 36.7 Å². The van der Waals surface area contributed by atoms with Crippen molar-refractivity contribution in [3.8, 4) is 5.75 Å². The lowest BCUT2D eigenvalue weighted by Gasteiger charge is -2.14. The number of hydrogen-bond acceptors (Lipinski definition) is 4. The number of carbonyl (C=O) groups is 1. The fraction of sp³-hybridized carbons (Fsp3) is 0.364. The molecule has 0 saturated heterocycles. The van der Waals surface area contributed by atoms with Crippen LogP contribution < -0.4 is 4.74 Å². The van der Waals surface area contributed by atoms with E-state index >= 15 is 0 Å². The second kappa shape index (κ2) is 5.72. The first-order valence-electron chi connectivity index (χ1n) is 4.89. The van der Waals surface area contributed by atoms with E-state index in [2.05, 4.69) is 4.74 Å². The number of alkyl halides is 3. The first-order valence-corrected chi connectivity index (χ1v) is 4.89. The maximum absolute atomic E-state index is 12.7. The van der Waals surface area contributed by atoms with Gasteiger partial charge in [-0.2, -0.15) is 13.2 Å². The van der Waals surface area contributed by atoms with Crippen molar-refractivity contribution in [2.24, 2.45) is 0 Å². The van der Waals surface area contributed by atoms with Gasteiger partial charge in [0.05, 0.1) is 19.3 Å². The van der Waals surface area contributed by atoms with Gasteiger partial charge in [0.2, 0.25) is 0 Å². The third-order valence-electron chi connectivity index (χ3n) is 2.11. The normalized spacial score (nSPS) is 11.2. The summed E-state index contributed by atoms with van der Waals surface area (Å²) in [5, 5.41) is 8.79. The quantitative estimate of drug-likeness (QED) is 0.842. The molecule has 1 aromatic rings. The van der Waals surface area contributed by atoms with E-state index in [1.807, 2.05) is 0 Å². The summed E-state index contributed by atoms with van der Waals surface area (Å²) in [6.45, 7) is -1.13. The van der Waals surface area contributed by atoms with Crippen molar-refractivity contribution in [3.63, 3.8) is 0 Å². The summed E-state index contributed by atoms with van der Waals surface area (Å²) in [5.41, 5.74) is -0.939. The van der Waals surface area contributed by atoms with Crippen molar-refractivity contribution >= 4 is 5.97 Å². The van der Waals surface area contributed by atoms with Crippen LogP contribution in [-0.4, -0.2) is 24.8 Å². The summed E-state index contributed by atoms with van der Waals surface area (Å²) < 4.78 is 47.1. The van der Waals surface area contributed by atoms with Crippen LogP contribution in [0.25, 0.3) is 0 Å². The second-order valence-electron chi connectivity index (χ2n) is 3.35. The minimum Gasteiger partial charge on any atom is -0.481 e. The van der Waals surface area contributed by atoms with Gasteiger partial charge < -0.3 is 14.6 Å². The van der Waals surface area contributed by atoms with Crippen LogP contribution in [0, 0.1) is 0 Å². The van der Waals surface area contributed by atoms with Crippen LogP contribution in [0.4, 0.5) is 13.2 Å². The average molecular weight is 264 g/mol. The summed E-state index contributed by atoms with van der Waals surface area (Å²) in [6, 6.07) is 3.10. The Morgan fingerprint density at radius 1 is 1.39 bits per heavy atom. The molecule has 18 heavy (non-hydrogen) atoms. The van der Waals surface area contributed by atoms with Crippen molar-refractivity contribution in [2.75, 3.05) is 13.7 Å².